The second-order valence-corrected chi connectivity index (χ2v) is 2.98. The first-order chi connectivity index (χ1) is 5.36. The maximum Gasteiger partial charge on any atom is 0.313 e. The Kier molecular flexibility index (Phi) is 1.63. The van der Waals surface area contributed by atoms with Crippen molar-refractivity contribution in [2.45, 2.75) is 0 Å². The summed E-state index contributed by atoms with van der Waals surface area (Å²) in [4.78, 5) is 0. The molecule has 0 unspecified atom stereocenters. The molecule has 0 aliphatic heterocycles. The van der Waals surface area contributed by atoms with Crippen LogP contribution in [-0.4, -0.2) is 10.2 Å². The van der Waals surface area contributed by atoms with Crippen molar-refractivity contribution in [3.05, 3.63) is 22.2 Å². The van der Waals surface area contributed by atoms with Crippen LogP contribution in [0.1, 0.15) is 0 Å². The van der Waals surface area contributed by atoms with Crippen LogP contribution < -0.4 is 0 Å². The number of hydrogen-bond donors (Lipinski definition) is 0. The average molecular weight is 187 g/mol. The van der Waals surface area contributed by atoms with E-state index in [1.807, 2.05) is 16.8 Å². The van der Waals surface area contributed by atoms with Gasteiger partial charge < -0.3 is 4.42 Å². The molecule has 0 amide bonds. The van der Waals surface area contributed by atoms with Gasteiger partial charge in [0.2, 0.25) is 5.89 Å². The molecule has 0 aromatic carbocycles. The van der Waals surface area contributed by atoms with E-state index in [4.69, 9.17) is 16.0 Å². The molecular weight excluding hydrogens is 184 g/mol. The van der Waals surface area contributed by atoms with Crippen LogP contribution in [0.3, 0.4) is 0 Å². The van der Waals surface area contributed by atoms with Gasteiger partial charge in [-0.1, -0.05) is 5.10 Å². The van der Waals surface area contributed by atoms with Crippen molar-refractivity contribution in [1.29, 1.82) is 0 Å². The van der Waals surface area contributed by atoms with Gasteiger partial charge in [0.05, 0.1) is 0 Å². The Morgan fingerprint density at radius 1 is 1.45 bits per heavy atom. The van der Waals surface area contributed by atoms with Crippen LogP contribution in [0, 0.1) is 0 Å². The molecule has 0 saturated heterocycles. The smallest absolute Gasteiger partial charge is 0.313 e. The molecule has 0 aliphatic rings. The van der Waals surface area contributed by atoms with E-state index in [-0.39, 0.29) is 5.35 Å². The molecule has 2 rings (SSSR count). The van der Waals surface area contributed by atoms with Gasteiger partial charge >= 0.3 is 5.35 Å². The molecule has 5 heteroatoms. The van der Waals surface area contributed by atoms with Gasteiger partial charge in [0.1, 0.15) is 0 Å². The summed E-state index contributed by atoms with van der Waals surface area (Å²) in [7, 11) is 0. The Labute approximate surface area is 71.6 Å². The monoisotopic (exact) mass is 186 g/mol. The highest BCUT2D eigenvalue weighted by Gasteiger charge is 2.05. The van der Waals surface area contributed by atoms with Crippen molar-refractivity contribution in [1.82, 2.24) is 10.2 Å². The number of thiophene rings is 1. The molecule has 0 fully saturated rings. The SMILES string of the molecule is Clc1nnc(-c2ccsc2)o1. The van der Waals surface area contributed by atoms with Crippen LogP contribution in [0.25, 0.3) is 11.5 Å². The van der Waals surface area contributed by atoms with E-state index in [2.05, 4.69) is 10.2 Å². The quantitative estimate of drug-likeness (QED) is 0.687. The van der Waals surface area contributed by atoms with Gasteiger partial charge in [-0.05, 0) is 23.0 Å². The van der Waals surface area contributed by atoms with E-state index in [1.165, 1.54) is 0 Å². The highest BCUT2D eigenvalue weighted by atomic mass is 35.5. The zero-order valence-corrected chi connectivity index (χ0v) is 6.89. The summed E-state index contributed by atoms with van der Waals surface area (Å²) in [5.41, 5.74) is 0.911. The fourth-order valence-electron chi connectivity index (χ4n) is 0.708. The van der Waals surface area contributed by atoms with Gasteiger partial charge in [-0.25, -0.2) is 0 Å². The van der Waals surface area contributed by atoms with Crippen LogP contribution >= 0.6 is 22.9 Å². The number of nitrogens with zero attached hydrogens (tertiary/aromatic N) is 2. The Bertz CT molecular complexity index is 343. The molecule has 0 bridgehead atoms. The summed E-state index contributed by atoms with van der Waals surface area (Å²) in [5.74, 6) is 0.469. The molecule has 3 nitrogen and oxygen atoms in total. The Morgan fingerprint density at radius 3 is 2.91 bits per heavy atom. The van der Waals surface area contributed by atoms with Gasteiger partial charge in [-0.2, -0.15) is 11.3 Å². The fourth-order valence-corrected chi connectivity index (χ4v) is 1.45. The van der Waals surface area contributed by atoms with Gasteiger partial charge in [-0.15, -0.1) is 5.10 Å². The molecule has 11 heavy (non-hydrogen) atoms. The molecule has 0 radical (unpaired) electrons. The minimum Gasteiger partial charge on any atom is -0.407 e. The van der Waals surface area contributed by atoms with Gasteiger partial charge in [0.15, 0.2) is 0 Å². The predicted octanol–water partition coefficient (Wildman–Crippen LogP) is 2.45. The summed E-state index contributed by atoms with van der Waals surface area (Å²) in [5, 5.41) is 11.2. The van der Waals surface area contributed by atoms with Crippen LogP contribution in [-0.2, 0) is 0 Å². The second-order valence-electron chi connectivity index (χ2n) is 1.87. The standard InChI is InChI=1S/C6H3ClN2OS/c7-6-9-8-5(10-6)4-1-2-11-3-4/h1-3H. The van der Waals surface area contributed by atoms with E-state index < -0.39 is 0 Å². The number of rotatable bonds is 1. The molecule has 0 aliphatic carbocycles. The maximum absolute atomic E-state index is 5.44. The molecule has 2 aromatic rings. The Hall–Kier alpha value is -0.870. The van der Waals surface area contributed by atoms with Crippen molar-refractivity contribution in [2.75, 3.05) is 0 Å². The second kappa shape index (κ2) is 2.64. The molecule has 0 saturated carbocycles. The summed E-state index contributed by atoms with van der Waals surface area (Å²) < 4.78 is 4.98. The highest BCUT2D eigenvalue weighted by molar-refractivity contribution is 7.08. The lowest BCUT2D eigenvalue weighted by molar-refractivity contribution is 0.571. The van der Waals surface area contributed by atoms with Crippen LogP contribution in [0.5, 0.6) is 0 Å². The maximum atomic E-state index is 5.44. The molecule has 0 atom stereocenters. The lowest BCUT2D eigenvalue weighted by Gasteiger charge is -1.82. The summed E-state index contributed by atoms with van der Waals surface area (Å²) >= 11 is 7.01. The normalized spacial score (nSPS) is 10.3. The zero-order valence-electron chi connectivity index (χ0n) is 5.32. The topological polar surface area (TPSA) is 38.9 Å². The summed E-state index contributed by atoms with van der Waals surface area (Å²) in [6, 6.07) is 1.90. The Balaban J connectivity index is 2.45. The lowest BCUT2D eigenvalue weighted by atomic mass is 10.3. The van der Waals surface area contributed by atoms with Crippen LogP contribution in [0.4, 0.5) is 0 Å². The van der Waals surface area contributed by atoms with Crippen molar-refractivity contribution < 1.29 is 4.42 Å². The third kappa shape index (κ3) is 1.27. The third-order valence-electron chi connectivity index (χ3n) is 1.17. The van der Waals surface area contributed by atoms with Crippen molar-refractivity contribution in [3.8, 4) is 11.5 Å². The van der Waals surface area contributed by atoms with Gasteiger partial charge in [-0.3, -0.25) is 0 Å². The van der Waals surface area contributed by atoms with Crippen molar-refractivity contribution in [2.24, 2.45) is 0 Å². The minimum atomic E-state index is 0.0752. The largest absolute Gasteiger partial charge is 0.407 e. The van der Waals surface area contributed by atoms with E-state index in [0.29, 0.717) is 5.89 Å². The number of hydrogen-bond acceptors (Lipinski definition) is 4. The summed E-state index contributed by atoms with van der Waals surface area (Å²) in [6.45, 7) is 0. The van der Waals surface area contributed by atoms with Crippen molar-refractivity contribution >= 4 is 22.9 Å². The van der Waals surface area contributed by atoms with E-state index >= 15 is 0 Å². The molecule has 0 spiro atoms. The van der Waals surface area contributed by atoms with Crippen LogP contribution in [0.15, 0.2) is 21.2 Å². The molecular formula is C6H3ClN2OS. The molecule has 2 heterocycles. The first-order valence-electron chi connectivity index (χ1n) is 2.88. The average Bonchev–Trinajstić information content (AvgIpc) is 2.55. The minimum absolute atomic E-state index is 0.0752. The Morgan fingerprint density at radius 2 is 2.36 bits per heavy atom. The van der Waals surface area contributed by atoms with Crippen LogP contribution in [0.2, 0.25) is 5.35 Å². The number of aromatic nitrogens is 2. The molecule has 2 aromatic heterocycles. The van der Waals surface area contributed by atoms with E-state index in [0.717, 1.165) is 5.56 Å². The predicted molar refractivity (Wildman–Crippen MR) is 42.6 cm³/mol. The zero-order chi connectivity index (χ0) is 7.68. The van der Waals surface area contributed by atoms with E-state index in [9.17, 15) is 0 Å². The molecule has 56 valence electrons. The third-order valence-corrected chi connectivity index (χ3v) is 2.00. The lowest BCUT2D eigenvalue weighted by Crippen LogP contribution is -1.70. The number of halogens is 1. The fraction of sp³-hybridized carbons (Fsp3) is 0. The van der Waals surface area contributed by atoms with Crippen molar-refractivity contribution in [3.63, 3.8) is 0 Å². The first-order valence-corrected chi connectivity index (χ1v) is 4.20. The molecule has 0 N–H and O–H groups in total. The van der Waals surface area contributed by atoms with Gasteiger partial charge in [0.25, 0.3) is 0 Å². The van der Waals surface area contributed by atoms with Gasteiger partial charge in [0, 0.05) is 10.9 Å². The first kappa shape index (κ1) is 6.82. The van der Waals surface area contributed by atoms with E-state index in [1.54, 1.807) is 11.3 Å². The summed E-state index contributed by atoms with van der Waals surface area (Å²) in [6.07, 6.45) is 0. The highest BCUT2D eigenvalue weighted by Crippen LogP contribution is 2.21.